The maximum atomic E-state index is 12.5. The lowest BCUT2D eigenvalue weighted by molar-refractivity contribution is 0.0946. The van der Waals surface area contributed by atoms with Gasteiger partial charge in [-0.3, -0.25) is 9.48 Å². The fourth-order valence-corrected chi connectivity index (χ4v) is 2.73. The van der Waals surface area contributed by atoms with Gasteiger partial charge in [0.05, 0.1) is 5.69 Å². The van der Waals surface area contributed by atoms with Crippen LogP contribution in [0.4, 0.5) is 0 Å². The van der Waals surface area contributed by atoms with Crippen molar-refractivity contribution < 1.29 is 9.53 Å². The van der Waals surface area contributed by atoms with Crippen molar-refractivity contribution in [2.75, 3.05) is 6.54 Å². The number of rotatable bonds is 7. The highest BCUT2D eigenvalue weighted by atomic mass is 16.5. The van der Waals surface area contributed by atoms with E-state index in [4.69, 9.17) is 4.74 Å². The number of nitrogens with zero attached hydrogens (tertiary/aromatic N) is 4. The van der Waals surface area contributed by atoms with Gasteiger partial charge in [-0.05, 0) is 50.1 Å². The molecular weight excluding hydrogens is 342 g/mol. The topological polar surface area (TPSA) is 81.9 Å². The Balaban J connectivity index is 1.56. The van der Waals surface area contributed by atoms with Crippen molar-refractivity contribution in [3.8, 4) is 11.8 Å². The van der Waals surface area contributed by atoms with Crippen molar-refractivity contribution in [3.63, 3.8) is 0 Å². The minimum atomic E-state index is -0.144. The molecule has 1 N–H and O–H groups in total. The molecule has 1 amide bonds. The van der Waals surface area contributed by atoms with E-state index in [-0.39, 0.29) is 17.8 Å². The molecule has 2 aromatic heterocycles. The molecule has 1 atom stereocenters. The summed E-state index contributed by atoms with van der Waals surface area (Å²) >= 11 is 0. The molecule has 0 fully saturated rings. The minimum absolute atomic E-state index is 0.144. The number of ether oxygens (including phenoxy) is 1. The van der Waals surface area contributed by atoms with Gasteiger partial charge < -0.3 is 10.1 Å². The molecule has 0 aliphatic heterocycles. The zero-order chi connectivity index (χ0) is 19.2. The molecule has 7 heteroatoms. The van der Waals surface area contributed by atoms with Crippen molar-refractivity contribution in [3.05, 3.63) is 65.7 Å². The Hall–Kier alpha value is -3.22. The molecule has 0 aliphatic rings. The van der Waals surface area contributed by atoms with Gasteiger partial charge in [0.25, 0.3) is 5.91 Å². The predicted octanol–water partition coefficient (Wildman–Crippen LogP) is 3.15. The Kier molecular flexibility index (Phi) is 5.80. The van der Waals surface area contributed by atoms with Crippen LogP contribution in [0.1, 0.15) is 28.7 Å². The zero-order valence-corrected chi connectivity index (χ0v) is 15.7. The lowest BCUT2D eigenvalue weighted by Gasteiger charge is -2.14. The number of amides is 1. The molecule has 1 aromatic carbocycles. The lowest BCUT2D eigenvalue weighted by atomic mass is 10.1. The first-order valence-electron chi connectivity index (χ1n) is 8.85. The molecule has 0 radical (unpaired) electrons. The molecule has 0 aliphatic carbocycles. The van der Waals surface area contributed by atoms with E-state index in [2.05, 4.69) is 27.3 Å². The normalized spacial score (nSPS) is 11.8. The Morgan fingerprint density at radius 2 is 1.96 bits per heavy atom. The van der Waals surface area contributed by atoms with Crippen LogP contribution in [0.15, 0.2) is 48.8 Å². The van der Waals surface area contributed by atoms with Crippen LogP contribution < -0.4 is 10.1 Å². The van der Waals surface area contributed by atoms with Crippen molar-refractivity contribution in [1.29, 1.82) is 0 Å². The number of hydrogen-bond donors (Lipinski definition) is 1. The van der Waals surface area contributed by atoms with Crippen molar-refractivity contribution in [2.45, 2.75) is 27.3 Å². The average Bonchev–Trinajstić information content (AvgIpc) is 2.97. The van der Waals surface area contributed by atoms with Crippen LogP contribution in [0.5, 0.6) is 11.8 Å². The molecule has 1 unspecified atom stereocenters. The number of aryl methyl sites for hydroxylation is 2. The molecule has 27 heavy (non-hydrogen) atoms. The second-order valence-electron chi connectivity index (χ2n) is 6.59. The SMILES string of the molecule is Cc1cc(C)n(CC(C)CNC(=O)c2cccc(Oc3ncccn3)c2)n1. The van der Waals surface area contributed by atoms with Gasteiger partial charge in [-0.15, -0.1) is 0 Å². The highest BCUT2D eigenvalue weighted by Crippen LogP contribution is 2.18. The van der Waals surface area contributed by atoms with Crippen LogP contribution in [-0.2, 0) is 6.54 Å². The van der Waals surface area contributed by atoms with Crippen molar-refractivity contribution >= 4 is 5.91 Å². The predicted molar refractivity (Wildman–Crippen MR) is 102 cm³/mol. The molecule has 0 saturated carbocycles. The standard InChI is InChI=1S/C20H23N5O2/c1-14(13-25-16(3)10-15(2)24-25)12-23-19(26)17-6-4-7-18(11-17)27-20-21-8-5-9-22-20/h4-11,14H,12-13H2,1-3H3,(H,23,26). The third kappa shape index (κ3) is 5.13. The quantitative estimate of drug-likeness (QED) is 0.695. The summed E-state index contributed by atoms with van der Waals surface area (Å²) in [5.41, 5.74) is 2.66. The molecular formula is C20H23N5O2. The third-order valence-electron chi connectivity index (χ3n) is 4.05. The molecule has 0 saturated heterocycles. The summed E-state index contributed by atoms with van der Waals surface area (Å²) < 4.78 is 7.55. The summed E-state index contributed by atoms with van der Waals surface area (Å²) in [4.78, 5) is 20.5. The number of hydrogen-bond acceptors (Lipinski definition) is 5. The molecule has 2 heterocycles. The summed E-state index contributed by atoms with van der Waals surface area (Å²) in [6.07, 6.45) is 3.20. The number of benzene rings is 1. The highest BCUT2D eigenvalue weighted by Gasteiger charge is 2.11. The smallest absolute Gasteiger partial charge is 0.321 e. The van der Waals surface area contributed by atoms with Gasteiger partial charge in [0, 0.05) is 36.7 Å². The second-order valence-corrected chi connectivity index (χ2v) is 6.59. The van der Waals surface area contributed by atoms with Gasteiger partial charge in [-0.2, -0.15) is 5.10 Å². The molecule has 7 nitrogen and oxygen atoms in total. The van der Waals surface area contributed by atoms with Gasteiger partial charge >= 0.3 is 6.01 Å². The van der Waals surface area contributed by atoms with E-state index in [1.165, 1.54) is 0 Å². The monoisotopic (exact) mass is 365 g/mol. The summed E-state index contributed by atoms with van der Waals surface area (Å²) in [6.45, 7) is 7.42. The number of carbonyl (C=O) groups is 1. The second kappa shape index (κ2) is 8.44. The first-order chi connectivity index (χ1) is 13.0. The maximum absolute atomic E-state index is 12.5. The van der Waals surface area contributed by atoms with Crippen LogP contribution in [0.25, 0.3) is 0 Å². The molecule has 3 rings (SSSR count). The fraction of sp³-hybridized carbons (Fsp3) is 0.300. The lowest BCUT2D eigenvalue weighted by Crippen LogP contribution is -2.30. The van der Waals surface area contributed by atoms with Crippen LogP contribution in [0.2, 0.25) is 0 Å². The average molecular weight is 365 g/mol. The molecule has 0 bridgehead atoms. The zero-order valence-electron chi connectivity index (χ0n) is 15.7. The van der Waals surface area contributed by atoms with E-state index in [1.54, 1.807) is 42.7 Å². The minimum Gasteiger partial charge on any atom is -0.424 e. The van der Waals surface area contributed by atoms with Gasteiger partial charge in [-0.1, -0.05) is 13.0 Å². The maximum Gasteiger partial charge on any atom is 0.321 e. The summed E-state index contributed by atoms with van der Waals surface area (Å²) in [7, 11) is 0. The first-order valence-corrected chi connectivity index (χ1v) is 8.85. The van der Waals surface area contributed by atoms with Crippen LogP contribution in [-0.4, -0.2) is 32.2 Å². The Labute approximate surface area is 158 Å². The van der Waals surface area contributed by atoms with Gasteiger partial charge in [-0.25, -0.2) is 9.97 Å². The Morgan fingerprint density at radius 3 is 2.67 bits per heavy atom. The Morgan fingerprint density at radius 1 is 1.19 bits per heavy atom. The number of nitrogens with one attached hydrogen (secondary N) is 1. The summed E-state index contributed by atoms with van der Waals surface area (Å²) in [6, 6.07) is 11.0. The van der Waals surface area contributed by atoms with E-state index < -0.39 is 0 Å². The Bertz CT molecular complexity index is 908. The van der Waals surface area contributed by atoms with Crippen LogP contribution in [0, 0.1) is 19.8 Å². The largest absolute Gasteiger partial charge is 0.424 e. The van der Waals surface area contributed by atoms with E-state index in [1.807, 2.05) is 24.6 Å². The van der Waals surface area contributed by atoms with Crippen LogP contribution in [0.3, 0.4) is 0 Å². The van der Waals surface area contributed by atoms with Crippen LogP contribution >= 0.6 is 0 Å². The first kappa shape index (κ1) is 18.6. The molecule has 140 valence electrons. The van der Waals surface area contributed by atoms with E-state index >= 15 is 0 Å². The van der Waals surface area contributed by atoms with E-state index in [0.717, 1.165) is 17.9 Å². The van der Waals surface area contributed by atoms with Gasteiger partial charge in [0.2, 0.25) is 0 Å². The highest BCUT2D eigenvalue weighted by molar-refractivity contribution is 5.94. The van der Waals surface area contributed by atoms with Crippen molar-refractivity contribution in [1.82, 2.24) is 25.1 Å². The number of aromatic nitrogens is 4. The molecule has 3 aromatic rings. The van der Waals surface area contributed by atoms with E-state index in [9.17, 15) is 4.79 Å². The van der Waals surface area contributed by atoms with E-state index in [0.29, 0.717) is 17.9 Å². The third-order valence-corrected chi connectivity index (χ3v) is 4.05. The fourth-order valence-electron chi connectivity index (χ4n) is 2.73. The van der Waals surface area contributed by atoms with Gasteiger partial charge in [0.15, 0.2) is 0 Å². The summed E-state index contributed by atoms with van der Waals surface area (Å²) in [5.74, 6) is 0.628. The number of carbonyl (C=O) groups excluding carboxylic acids is 1. The summed E-state index contributed by atoms with van der Waals surface area (Å²) in [5, 5.41) is 7.43. The van der Waals surface area contributed by atoms with Crippen molar-refractivity contribution in [2.24, 2.45) is 5.92 Å². The van der Waals surface area contributed by atoms with Gasteiger partial charge in [0.1, 0.15) is 5.75 Å². The molecule has 0 spiro atoms.